The van der Waals surface area contributed by atoms with Crippen LogP contribution in [0.3, 0.4) is 0 Å². The first-order valence-corrected chi connectivity index (χ1v) is 11.2. The second kappa shape index (κ2) is 7.34. The van der Waals surface area contributed by atoms with Crippen molar-refractivity contribution in [1.29, 1.82) is 0 Å². The van der Waals surface area contributed by atoms with E-state index in [0.29, 0.717) is 10.6 Å². The van der Waals surface area contributed by atoms with Crippen LogP contribution in [0.25, 0.3) is 10.2 Å². The summed E-state index contributed by atoms with van der Waals surface area (Å²) in [6.45, 7) is 4.29. The van der Waals surface area contributed by atoms with E-state index in [2.05, 4.69) is 33.4 Å². The van der Waals surface area contributed by atoms with Crippen LogP contribution in [-0.2, 0) is 12.8 Å². The van der Waals surface area contributed by atoms with Crippen LogP contribution in [-0.4, -0.2) is 30.0 Å². The smallest absolute Gasteiger partial charge is 0.263 e. The van der Waals surface area contributed by atoms with E-state index >= 15 is 0 Å². The predicted molar refractivity (Wildman–Crippen MR) is 120 cm³/mol. The van der Waals surface area contributed by atoms with Crippen LogP contribution >= 0.6 is 11.3 Å². The van der Waals surface area contributed by atoms with Crippen LogP contribution in [0.2, 0.25) is 0 Å². The maximum Gasteiger partial charge on any atom is 0.263 e. The van der Waals surface area contributed by atoms with Crippen molar-refractivity contribution in [2.75, 3.05) is 23.7 Å². The van der Waals surface area contributed by atoms with E-state index < -0.39 is 0 Å². The molecule has 6 heteroatoms. The highest BCUT2D eigenvalue weighted by molar-refractivity contribution is 7.21. The molecule has 5 nitrogen and oxygen atoms in total. The number of pyridine rings is 1. The number of nitrogen functional groups attached to an aromatic ring is 1. The van der Waals surface area contributed by atoms with Gasteiger partial charge in [0, 0.05) is 35.9 Å². The zero-order valence-electron chi connectivity index (χ0n) is 16.7. The number of hydrogen-bond acceptors (Lipinski definition) is 5. The lowest BCUT2D eigenvalue weighted by Crippen LogP contribution is -2.38. The molecule has 3 heterocycles. The zero-order valence-corrected chi connectivity index (χ0v) is 17.5. The molecule has 3 aromatic rings. The number of carbonyl (C=O) groups is 1. The molecule has 1 aliphatic heterocycles. The van der Waals surface area contributed by atoms with Crippen molar-refractivity contribution >= 4 is 38.8 Å². The van der Waals surface area contributed by atoms with E-state index in [9.17, 15) is 4.79 Å². The highest BCUT2D eigenvalue weighted by atomic mass is 32.1. The van der Waals surface area contributed by atoms with Crippen LogP contribution < -0.4 is 16.0 Å². The summed E-state index contributed by atoms with van der Waals surface area (Å²) in [4.78, 5) is 21.3. The number of aryl methyl sites for hydroxylation is 2. The van der Waals surface area contributed by atoms with Gasteiger partial charge in [0.25, 0.3) is 5.91 Å². The number of benzene rings is 1. The molecule has 1 atom stereocenters. The molecule has 0 saturated carbocycles. The van der Waals surface area contributed by atoms with Crippen LogP contribution in [0.4, 0.5) is 11.4 Å². The average molecular weight is 407 g/mol. The number of anilines is 2. The van der Waals surface area contributed by atoms with E-state index in [1.807, 2.05) is 19.1 Å². The quantitative estimate of drug-likeness (QED) is 0.688. The second-order valence-corrected chi connectivity index (χ2v) is 9.21. The molecule has 0 spiro atoms. The first-order valence-electron chi connectivity index (χ1n) is 10.4. The van der Waals surface area contributed by atoms with Crippen molar-refractivity contribution in [3.8, 4) is 0 Å². The molecule has 150 valence electrons. The number of rotatable bonds is 3. The van der Waals surface area contributed by atoms with Crippen LogP contribution in [0.15, 0.2) is 30.3 Å². The molecule has 0 unspecified atom stereocenters. The average Bonchev–Trinajstić information content (AvgIpc) is 3.36. The third kappa shape index (κ3) is 3.46. The lowest BCUT2D eigenvalue weighted by atomic mass is 9.87. The lowest BCUT2D eigenvalue weighted by molar-refractivity contribution is 0.0938. The fourth-order valence-electron chi connectivity index (χ4n) is 4.55. The molecule has 1 fully saturated rings. The SMILES string of the molecule is Cc1ccc2c(N)c(C(=O)N[C@H]3CCc4cc(N5CCCC5)ccc4C3)sc2n1. The van der Waals surface area contributed by atoms with Gasteiger partial charge in [-0.3, -0.25) is 4.79 Å². The normalized spacial score (nSPS) is 18.8. The summed E-state index contributed by atoms with van der Waals surface area (Å²) in [7, 11) is 0. The van der Waals surface area contributed by atoms with Gasteiger partial charge < -0.3 is 16.0 Å². The molecular formula is C23H26N4OS. The Kier molecular flexibility index (Phi) is 4.66. The number of amides is 1. The van der Waals surface area contributed by atoms with Gasteiger partial charge >= 0.3 is 0 Å². The number of carbonyl (C=O) groups excluding carboxylic acids is 1. The summed E-state index contributed by atoms with van der Waals surface area (Å²) in [6.07, 6.45) is 5.43. The number of hydrogen-bond donors (Lipinski definition) is 2. The molecule has 1 aromatic carbocycles. The minimum Gasteiger partial charge on any atom is -0.397 e. The maximum absolute atomic E-state index is 12.9. The van der Waals surface area contributed by atoms with E-state index in [4.69, 9.17) is 5.73 Å². The number of thiophene rings is 1. The topological polar surface area (TPSA) is 71.2 Å². The third-order valence-electron chi connectivity index (χ3n) is 6.16. The predicted octanol–water partition coefficient (Wildman–Crippen LogP) is 4.07. The number of nitrogens with one attached hydrogen (secondary N) is 1. The van der Waals surface area contributed by atoms with Crippen molar-refractivity contribution in [3.63, 3.8) is 0 Å². The van der Waals surface area contributed by atoms with Gasteiger partial charge in [0.15, 0.2) is 0 Å². The molecule has 0 bridgehead atoms. The van der Waals surface area contributed by atoms with Crippen LogP contribution in [0.1, 0.15) is 45.8 Å². The fraction of sp³-hybridized carbons (Fsp3) is 0.391. The van der Waals surface area contributed by atoms with Gasteiger partial charge in [-0.1, -0.05) is 6.07 Å². The van der Waals surface area contributed by atoms with Gasteiger partial charge in [0.05, 0.1) is 5.69 Å². The minimum absolute atomic E-state index is 0.0784. The van der Waals surface area contributed by atoms with Crippen LogP contribution in [0.5, 0.6) is 0 Å². The highest BCUT2D eigenvalue weighted by Gasteiger charge is 2.24. The number of fused-ring (bicyclic) bond motifs is 2. The van der Waals surface area contributed by atoms with Crippen molar-refractivity contribution in [2.45, 2.75) is 45.1 Å². The standard InChI is InChI=1S/C23H26N4OS/c1-14-4-9-19-20(24)21(29-23(19)25-14)22(28)26-17-7-5-16-13-18(8-6-15(16)12-17)27-10-2-3-11-27/h4,6,8-9,13,17H,2-3,5,7,10-12,24H2,1H3,(H,26,28)/t17-/m0/s1. The fourth-order valence-corrected chi connectivity index (χ4v) is 5.59. The summed E-state index contributed by atoms with van der Waals surface area (Å²) in [5.41, 5.74) is 11.9. The molecule has 29 heavy (non-hydrogen) atoms. The van der Waals surface area contributed by atoms with E-state index in [1.165, 1.54) is 54.1 Å². The summed E-state index contributed by atoms with van der Waals surface area (Å²) < 4.78 is 0. The van der Waals surface area contributed by atoms with Crippen molar-refractivity contribution in [2.24, 2.45) is 0 Å². The van der Waals surface area contributed by atoms with Crippen molar-refractivity contribution in [1.82, 2.24) is 10.3 Å². The summed E-state index contributed by atoms with van der Waals surface area (Å²) in [6, 6.07) is 10.9. The minimum atomic E-state index is -0.0784. The molecule has 0 radical (unpaired) electrons. The number of nitrogens with two attached hydrogens (primary N) is 1. The molecule has 3 N–H and O–H groups in total. The Labute approximate surface area is 174 Å². The Hall–Kier alpha value is -2.60. The molecule has 2 aliphatic rings. The van der Waals surface area contributed by atoms with E-state index in [0.717, 1.165) is 35.2 Å². The highest BCUT2D eigenvalue weighted by Crippen LogP contribution is 2.33. The van der Waals surface area contributed by atoms with Crippen LogP contribution in [0, 0.1) is 6.92 Å². The molecule has 1 amide bonds. The molecule has 1 aliphatic carbocycles. The summed E-state index contributed by atoms with van der Waals surface area (Å²) in [5.74, 6) is -0.0784. The largest absolute Gasteiger partial charge is 0.397 e. The van der Waals surface area contributed by atoms with Crippen molar-refractivity contribution < 1.29 is 4.79 Å². The van der Waals surface area contributed by atoms with E-state index in [-0.39, 0.29) is 11.9 Å². The Morgan fingerprint density at radius 3 is 2.86 bits per heavy atom. The number of aromatic nitrogens is 1. The first kappa shape index (κ1) is 18.4. The Balaban J connectivity index is 1.31. The molecule has 2 aromatic heterocycles. The molecular weight excluding hydrogens is 380 g/mol. The monoisotopic (exact) mass is 406 g/mol. The van der Waals surface area contributed by atoms with Gasteiger partial charge in [-0.2, -0.15) is 0 Å². The third-order valence-corrected chi connectivity index (χ3v) is 7.28. The first-order chi connectivity index (χ1) is 14.1. The Bertz CT molecular complexity index is 1080. The Morgan fingerprint density at radius 1 is 1.21 bits per heavy atom. The van der Waals surface area contributed by atoms with Gasteiger partial charge in [0.2, 0.25) is 0 Å². The number of nitrogens with zero attached hydrogens (tertiary/aromatic N) is 2. The van der Waals surface area contributed by atoms with Crippen molar-refractivity contribution in [3.05, 3.63) is 52.0 Å². The van der Waals surface area contributed by atoms with Gasteiger partial charge in [0.1, 0.15) is 9.71 Å². The molecule has 1 saturated heterocycles. The van der Waals surface area contributed by atoms with Gasteiger partial charge in [-0.05, 0) is 74.4 Å². The maximum atomic E-state index is 12.9. The van der Waals surface area contributed by atoms with Gasteiger partial charge in [-0.25, -0.2) is 4.98 Å². The molecule has 5 rings (SSSR count). The summed E-state index contributed by atoms with van der Waals surface area (Å²) in [5, 5.41) is 4.09. The van der Waals surface area contributed by atoms with E-state index in [1.54, 1.807) is 0 Å². The van der Waals surface area contributed by atoms with Gasteiger partial charge in [-0.15, -0.1) is 11.3 Å². The zero-order chi connectivity index (χ0) is 20.0. The lowest BCUT2D eigenvalue weighted by Gasteiger charge is -2.27. The Morgan fingerprint density at radius 2 is 2.03 bits per heavy atom. The summed E-state index contributed by atoms with van der Waals surface area (Å²) >= 11 is 1.38. The second-order valence-electron chi connectivity index (χ2n) is 8.21.